The van der Waals surface area contributed by atoms with Crippen molar-refractivity contribution in [2.75, 3.05) is 36.5 Å². The number of anilines is 2. The van der Waals surface area contributed by atoms with Crippen LogP contribution >= 0.6 is 0 Å². The van der Waals surface area contributed by atoms with Crippen molar-refractivity contribution < 1.29 is 14.3 Å². The molecule has 2 aliphatic heterocycles. The molecule has 6 heteroatoms. The summed E-state index contributed by atoms with van der Waals surface area (Å²) in [5.74, 6) is -0.597. The Labute approximate surface area is 172 Å². The lowest BCUT2D eigenvalue weighted by Gasteiger charge is -2.38. The Balaban J connectivity index is 1.47. The number of benzene rings is 1. The van der Waals surface area contributed by atoms with E-state index in [9.17, 15) is 4.79 Å². The van der Waals surface area contributed by atoms with E-state index in [1.54, 1.807) is 6.20 Å². The molecule has 1 spiro atoms. The molecule has 0 bridgehead atoms. The van der Waals surface area contributed by atoms with Gasteiger partial charge in [-0.25, -0.2) is 0 Å². The van der Waals surface area contributed by atoms with E-state index < -0.39 is 5.79 Å². The minimum absolute atomic E-state index is 0.0622. The van der Waals surface area contributed by atoms with Crippen molar-refractivity contribution in [1.82, 2.24) is 4.98 Å². The minimum Gasteiger partial charge on any atom is -0.371 e. The van der Waals surface area contributed by atoms with E-state index in [-0.39, 0.29) is 11.3 Å². The van der Waals surface area contributed by atoms with Gasteiger partial charge >= 0.3 is 0 Å². The van der Waals surface area contributed by atoms with Crippen LogP contribution in [0.1, 0.15) is 49.7 Å². The SMILES string of the molecule is CC(C)(C)c1ccccc1NC(=O)c1cc(N2CCC3(CC2)OCCO3)ccn1. The van der Waals surface area contributed by atoms with Crippen molar-refractivity contribution >= 4 is 17.3 Å². The number of ether oxygens (including phenoxy) is 2. The number of aromatic nitrogens is 1. The number of rotatable bonds is 3. The van der Waals surface area contributed by atoms with Gasteiger partial charge in [0.25, 0.3) is 5.91 Å². The van der Waals surface area contributed by atoms with E-state index in [1.807, 2.05) is 30.3 Å². The highest BCUT2D eigenvalue weighted by molar-refractivity contribution is 6.03. The van der Waals surface area contributed by atoms with Crippen LogP contribution in [0, 0.1) is 0 Å². The van der Waals surface area contributed by atoms with E-state index in [0.717, 1.165) is 42.9 Å². The monoisotopic (exact) mass is 395 g/mol. The van der Waals surface area contributed by atoms with E-state index in [0.29, 0.717) is 18.9 Å². The maximum absolute atomic E-state index is 12.9. The molecule has 0 saturated carbocycles. The van der Waals surface area contributed by atoms with Crippen LogP contribution in [-0.4, -0.2) is 43.0 Å². The maximum atomic E-state index is 12.9. The molecule has 1 amide bonds. The lowest BCUT2D eigenvalue weighted by Crippen LogP contribution is -2.45. The van der Waals surface area contributed by atoms with Crippen molar-refractivity contribution in [3.05, 3.63) is 53.9 Å². The largest absolute Gasteiger partial charge is 0.371 e. The summed E-state index contributed by atoms with van der Waals surface area (Å²) in [7, 11) is 0. The fourth-order valence-electron chi connectivity index (χ4n) is 4.06. The summed E-state index contributed by atoms with van der Waals surface area (Å²) in [5.41, 5.74) is 3.28. The van der Waals surface area contributed by atoms with Crippen LogP contribution in [0.4, 0.5) is 11.4 Å². The van der Waals surface area contributed by atoms with Crippen molar-refractivity contribution in [3.63, 3.8) is 0 Å². The summed E-state index contributed by atoms with van der Waals surface area (Å²) < 4.78 is 11.6. The second-order valence-corrected chi connectivity index (χ2v) is 8.74. The van der Waals surface area contributed by atoms with Gasteiger partial charge in [0, 0.05) is 43.5 Å². The second-order valence-electron chi connectivity index (χ2n) is 8.74. The Morgan fingerprint density at radius 3 is 2.48 bits per heavy atom. The van der Waals surface area contributed by atoms with Crippen LogP contribution in [0.3, 0.4) is 0 Å². The molecule has 2 saturated heterocycles. The lowest BCUT2D eigenvalue weighted by molar-refractivity contribution is -0.169. The lowest BCUT2D eigenvalue weighted by atomic mass is 9.86. The van der Waals surface area contributed by atoms with Crippen LogP contribution in [0.25, 0.3) is 0 Å². The molecule has 3 heterocycles. The smallest absolute Gasteiger partial charge is 0.274 e. The second kappa shape index (κ2) is 7.76. The van der Waals surface area contributed by atoms with Crippen molar-refractivity contribution in [3.8, 4) is 0 Å². The topological polar surface area (TPSA) is 63.7 Å². The number of hydrogen-bond acceptors (Lipinski definition) is 5. The molecule has 2 aromatic rings. The number of carbonyl (C=O) groups is 1. The van der Waals surface area contributed by atoms with Crippen LogP contribution in [0.15, 0.2) is 42.6 Å². The highest BCUT2D eigenvalue weighted by atomic mass is 16.7. The number of carbonyl (C=O) groups excluding carboxylic acids is 1. The summed E-state index contributed by atoms with van der Waals surface area (Å²) in [5, 5.41) is 3.04. The number of piperidine rings is 1. The van der Waals surface area contributed by atoms with Crippen LogP contribution < -0.4 is 10.2 Å². The predicted molar refractivity (Wildman–Crippen MR) is 113 cm³/mol. The summed E-state index contributed by atoms with van der Waals surface area (Å²) in [4.78, 5) is 19.5. The number of para-hydroxylation sites is 1. The van der Waals surface area contributed by atoms with E-state index in [2.05, 4.69) is 42.0 Å². The molecule has 2 fully saturated rings. The molecule has 1 aromatic heterocycles. The molecule has 0 atom stereocenters. The molecule has 0 aliphatic carbocycles. The van der Waals surface area contributed by atoms with Crippen molar-refractivity contribution in [2.24, 2.45) is 0 Å². The average molecular weight is 396 g/mol. The van der Waals surface area contributed by atoms with E-state index >= 15 is 0 Å². The standard InChI is InChI=1S/C23H29N3O3/c1-22(2,3)18-6-4-5-7-19(18)25-21(27)20-16-17(8-11-24-20)26-12-9-23(10-13-26)28-14-15-29-23/h4-8,11,16H,9-10,12-15H2,1-3H3,(H,25,27). The number of hydrogen-bond donors (Lipinski definition) is 1. The number of nitrogens with zero attached hydrogens (tertiary/aromatic N) is 2. The van der Waals surface area contributed by atoms with Crippen molar-refractivity contribution in [2.45, 2.75) is 44.8 Å². The Bertz CT molecular complexity index is 875. The van der Waals surface area contributed by atoms with Gasteiger partial charge in [-0.05, 0) is 29.2 Å². The number of amides is 1. The molecular formula is C23H29N3O3. The molecule has 4 rings (SSSR count). The third-order valence-electron chi connectivity index (χ3n) is 5.66. The normalized spacial score (nSPS) is 18.8. The highest BCUT2D eigenvalue weighted by Gasteiger charge is 2.39. The fraction of sp³-hybridized carbons (Fsp3) is 0.478. The molecule has 1 N–H and O–H groups in total. The Kier molecular flexibility index (Phi) is 5.32. The summed E-state index contributed by atoms with van der Waals surface area (Å²) in [6, 6.07) is 11.7. The Hall–Kier alpha value is -2.44. The Morgan fingerprint density at radius 2 is 1.79 bits per heavy atom. The summed E-state index contributed by atoms with van der Waals surface area (Å²) in [6.45, 7) is 9.42. The zero-order valence-electron chi connectivity index (χ0n) is 17.4. The molecular weight excluding hydrogens is 366 g/mol. The van der Waals surface area contributed by atoms with Gasteiger partial charge in [0.1, 0.15) is 5.69 Å². The van der Waals surface area contributed by atoms with Crippen molar-refractivity contribution in [1.29, 1.82) is 0 Å². The third kappa shape index (κ3) is 4.28. The maximum Gasteiger partial charge on any atom is 0.274 e. The zero-order valence-corrected chi connectivity index (χ0v) is 17.4. The van der Waals surface area contributed by atoms with E-state index in [1.165, 1.54) is 0 Å². The molecule has 0 unspecified atom stereocenters. The molecule has 2 aliphatic rings. The average Bonchev–Trinajstić information content (AvgIpc) is 3.16. The molecule has 1 aromatic carbocycles. The first kappa shape index (κ1) is 19.9. The quantitative estimate of drug-likeness (QED) is 0.852. The predicted octanol–water partition coefficient (Wildman–Crippen LogP) is 3.97. The van der Waals surface area contributed by atoms with Gasteiger partial charge in [0.15, 0.2) is 5.79 Å². The first-order valence-corrected chi connectivity index (χ1v) is 10.3. The van der Waals surface area contributed by atoms with Gasteiger partial charge in [-0.2, -0.15) is 0 Å². The summed E-state index contributed by atoms with van der Waals surface area (Å²) >= 11 is 0. The van der Waals surface area contributed by atoms with Gasteiger partial charge in [0.05, 0.1) is 13.2 Å². The molecule has 6 nitrogen and oxygen atoms in total. The fourth-order valence-corrected chi connectivity index (χ4v) is 4.06. The van der Waals surface area contributed by atoms with Gasteiger partial charge < -0.3 is 19.7 Å². The number of nitrogens with one attached hydrogen (secondary N) is 1. The number of pyridine rings is 1. The van der Waals surface area contributed by atoms with Gasteiger partial charge in [-0.15, -0.1) is 0 Å². The van der Waals surface area contributed by atoms with Gasteiger partial charge in [-0.3, -0.25) is 9.78 Å². The first-order valence-electron chi connectivity index (χ1n) is 10.3. The molecule has 29 heavy (non-hydrogen) atoms. The molecule has 0 radical (unpaired) electrons. The zero-order chi connectivity index (χ0) is 20.5. The van der Waals surface area contributed by atoms with Crippen LogP contribution in [0.5, 0.6) is 0 Å². The van der Waals surface area contributed by atoms with Gasteiger partial charge in [0.2, 0.25) is 0 Å². The summed E-state index contributed by atoms with van der Waals surface area (Å²) in [6.07, 6.45) is 3.36. The first-order chi connectivity index (χ1) is 13.9. The van der Waals surface area contributed by atoms with Crippen LogP contribution in [-0.2, 0) is 14.9 Å². The third-order valence-corrected chi connectivity index (χ3v) is 5.66. The van der Waals surface area contributed by atoms with Gasteiger partial charge in [-0.1, -0.05) is 39.0 Å². The highest BCUT2D eigenvalue weighted by Crippen LogP contribution is 2.33. The Morgan fingerprint density at radius 1 is 1.10 bits per heavy atom. The van der Waals surface area contributed by atoms with Crippen LogP contribution in [0.2, 0.25) is 0 Å². The molecule has 154 valence electrons. The van der Waals surface area contributed by atoms with E-state index in [4.69, 9.17) is 9.47 Å². The minimum atomic E-state index is -0.402.